The Bertz CT molecular complexity index is 875. The predicted molar refractivity (Wildman–Crippen MR) is 82.6 cm³/mol. The van der Waals surface area contributed by atoms with E-state index in [9.17, 15) is 22.4 Å². The van der Waals surface area contributed by atoms with Crippen LogP contribution in [0.15, 0.2) is 41.5 Å². The molecular formula is C17H12F4N2O2. The highest BCUT2D eigenvalue weighted by Gasteiger charge is 2.34. The van der Waals surface area contributed by atoms with E-state index in [0.717, 1.165) is 12.1 Å². The van der Waals surface area contributed by atoms with Crippen LogP contribution in [-0.4, -0.2) is 18.4 Å². The third-order valence-electron chi connectivity index (χ3n) is 3.76. The van der Waals surface area contributed by atoms with Gasteiger partial charge in [0, 0.05) is 5.56 Å². The third kappa shape index (κ3) is 3.47. The van der Waals surface area contributed by atoms with Gasteiger partial charge in [0.2, 0.25) is 0 Å². The fraction of sp³-hybridized carbons (Fsp3) is 0.176. The Hall–Kier alpha value is -2.90. The van der Waals surface area contributed by atoms with Crippen LogP contribution in [0.4, 0.5) is 22.4 Å². The number of alkyl halides is 3. The summed E-state index contributed by atoms with van der Waals surface area (Å²) in [6, 6.07) is 7.51. The van der Waals surface area contributed by atoms with Gasteiger partial charge in [-0.15, -0.1) is 0 Å². The number of nitrogens with zero attached hydrogens (tertiary/aromatic N) is 1. The molecule has 2 aromatic carbocycles. The van der Waals surface area contributed by atoms with Gasteiger partial charge in [-0.25, -0.2) is 14.6 Å². The molecule has 1 aliphatic rings. The summed E-state index contributed by atoms with van der Waals surface area (Å²) in [5.41, 5.74) is 1.76. The minimum Gasteiger partial charge on any atom is -0.442 e. The summed E-state index contributed by atoms with van der Waals surface area (Å²) in [5.74, 6) is -0.581. The van der Waals surface area contributed by atoms with Gasteiger partial charge >= 0.3 is 12.3 Å². The van der Waals surface area contributed by atoms with Gasteiger partial charge in [0.05, 0.1) is 5.56 Å². The first-order valence-corrected chi connectivity index (χ1v) is 7.23. The van der Waals surface area contributed by atoms with Gasteiger partial charge in [0.1, 0.15) is 18.1 Å². The first-order valence-electron chi connectivity index (χ1n) is 7.23. The molecule has 0 atom stereocenters. The number of ether oxygens (including phenoxy) is 1. The Morgan fingerprint density at radius 2 is 1.84 bits per heavy atom. The fourth-order valence-electron chi connectivity index (χ4n) is 2.43. The monoisotopic (exact) mass is 352 g/mol. The van der Waals surface area contributed by atoms with Crippen molar-refractivity contribution in [1.82, 2.24) is 5.43 Å². The normalized spacial score (nSPS) is 14.6. The molecule has 0 aliphatic carbocycles. The smallest absolute Gasteiger partial charge is 0.428 e. The van der Waals surface area contributed by atoms with Gasteiger partial charge in [-0.2, -0.15) is 18.3 Å². The molecule has 3 rings (SSSR count). The molecule has 0 bridgehead atoms. The largest absolute Gasteiger partial charge is 0.442 e. The number of rotatable bonds is 2. The SMILES string of the molecule is Cc1ccc(-c2ccc(C3=NNC(=O)OC3)cc2C(F)(F)F)cc1F. The van der Waals surface area contributed by atoms with Gasteiger partial charge in [-0.3, -0.25) is 0 Å². The number of cyclic esters (lactones) is 1. The fourth-order valence-corrected chi connectivity index (χ4v) is 2.43. The topological polar surface area (TPSA) is 50.7 Å². The second-order valence-electron chi connectivity index (χ2n) is 5.47. The Morgan fingerprint density at radius 3 is 2.44 bits per heavy atom. The zero-order chi connectivity index (χ0) is 18.2. The molecule has 1 N–H and O–H groups in total. The van der Waals surface area contributed by atoms with Crippen molar-refractivity contribution in [1.29, 1.82) is 0 Å². The zero-order valence-corrected chi connectivity index (χ0v) is 12.9. The van der Waals surface area contributed by atoms with Crippen molar-refractivity contribution >= 4 is 11.8 Å². The Morgan fingerprint density at radius 1 is 1.12 bits per heavy atom. The minimum absolute atomic E-state index is 0.122. The Labute approximate surface area is 140 Å². The van der Waals surface area contributed by atoms with Gasteiger partial charge in [-0.1, -0.05) is 24.3 Å². The molecule has 1 heterocycles. The lowest BCUT2D eigenvalue weighted by Crippen LogP contribution is -2.30. The highest BCUT2D eigenvalue weighted by atomic mass is 19.4. The van der Waals surface area contributed by atoms with Crippen LogP contribution in [0, 0.1) is 12.7 Å². The number of hydrogen-bond donors (Lipinski definition) is 1. The first-order chi connectivity index (χ1) is 11.8. The number of hydrogen-bond acceptors (Lipinski definition) is 3. The third-order valence-corrected chi connectivity index (χ3v) is 3.76. The van der Waals surface area contributed by atoms with Crippen molar-refractivity contribution in [2.24, 2.45) is 5.10 Å². The quantitative estimate of drug-likeness (QED) is 0.821. The van der Waals surface area contributed by atoms with E-state index in [0.29, 0.717) is 5.56 Å². The molecule has 2 aromatic rings. The molecule has 0 unspecified atom stereocenters. The molecule has 8 heteroatoms. The van der Waals surface area contributed by atoms with Crippen LogP contribution < -0.4 is 5.43 Å². The summed E-state index contributed by atoms with van der Waals surface area (Å²) >= 11 is 0. The standard InChI is InChI=1S/C17H12F4N2O2/c1-9-2-3-10(7-14(9)18)12-5-4-11(6-13(12)17(19,20)21)15-8-25-16(24)23-22-15/h2-7H,8H2,1H3,(H,23,24). The molecule has 0 saturated heterocycles. The van der Waals surface area contributed by atoms with E-state index >= 15 is 0 Å². The highest BCUT2D eigenvalue weighted by Crippen LogP contribution is 2.38. The Kier molecular flexibility index (Phi) is 4.20. The molecule has 4 nitrogen and oxygen atoms in total. The summed E-state index contributed by atoms with van der Waals surface area (Å²) in [6.07, 6.45) is -5.42. The summed E-state index contributed by atoms with van der Waals surface area (Å²) in [4.78, 5) is 10.9. The summed E-state index contributed by atoms with van der Waals surface area (Å²) in [7, 11) is 0. The maximum Gasteiger partial charge on any atom is 0.428 e. The second kappa shape index (κ2) is 6.19. The number of benzene rings is 2. The number of carbonyl (C=O) groups is 1. The van der Waals surface area contributed by atoms with Crippen LogP contribution in [0.25, 0.3) is 11.1 Å². The lowest BCUT2D eigenvalue weighted by molar-refractivity contribution is -0.137. The molecule has 0 fully saturated rings. The van der Waals surface area contributed by atoms with Gasteiger partial charge < -0.3 is 4.74 Å². The molecule has 1 aliphatic heterocycles. The van der Waals surface area contributed by atoms with E-state index in [4.69, 9.17) is 4.74 Å². The van der Waals surface area contributed by atoms with E-state index in [-0.39, 0.29) is 29.0 Å². The van der Waals surface area contributed by atoms with E-state index in [1.54, 1.807) is 0 Å². The lowest BCUT2D eigenvalue weighted by Gasteiger charge is -2.17. The van der Waals surface area contributed by atoms with E-state index in [1.807, 2.05) is 5.43 Å². The van der Waals surface area contributed by atoms with Crippen LogP contribution in [0.3, 0.4) is 0 Å². The average molecular weight is 352 g/mol. The molecular weight excluding hydrogens is 340 g/mol. The number of aryl methyl sites for hydroxylation is 1. The van der Waals surface area contributed by atoms with E-state index in [2.05, 4.69) is 5.10 Å². The lowest BCUT2D eigenvalue weighted by atomic mass is 9.95. The zero-order valence-electron chi connectivity index (χ0n) is 12.9. The minimum atomic E-state index is -4.65. The number of carbonyl (C=O) groups excluding carboxylic acids is 1. The summed E-state index contributed by atoms with van der Waals surface area (Å²) < 4.78 is 58.9. The molecule has 1 amide bonds. The molecule has 130 valence electrons. The van der Waals surface area contributed by atoms with Gasteiger partial charge in [-0.05, 0) is 35.7 Å². The average Bonchev–Trinajstić information content (AvgIpc) is 2.57. The molecule has 0 radical (unpaired) electrons. The highest BCUT2D eigenvalue weighted by molar-refractivity contribution is 6.04. The van der Waals surface area contributed by atoms with Crippen molar-refractivity contribution in [2.75, 3.05) is 6.61 Å². The Balaban J connectivity index is 2.10. The van der Waals surface area contributed by atoms with Crippen LogP contribution in [0.1, 0.15) is 16.7 Å². The van der Waals surface area contributed by atoms with Crippen molar-refractivity contribution in [3.8, 4) is 11.1 Å². The second-order valence-corrected chi connectivity index (χ2v) is 5.47. The van der Waals surface area contributed by atoms with Crippen LogP contribution >= 0.6 is 0 Å². The van der Waals surface area contributed by atoms with E-state index in [1.165, 1.54) is 31.2 Å². The summed E-state index contributed by atoms with van der Waals surface area (Å²) in [5, 5.41) is 3.70. The number of halogens is 4. The van der Waals surface area contributed by atoms with Gasteiger partial charge in [0.25, 0.3) is 0 Å². The van der Waals surface area contributed by atoms with Crippen molar-refractivity contribution in [2.45, 2.75) is 13.1 Å². The maximum absolute atomic E-state index is 13.7. The summed E-state index contributed by atoms with van der Waals surface area (Å²) in [6.45, 7) is 1.30. The number of hydrazone groups is 1. The van der Waals surface area contributed by atoms with Crippen molar-refractivity contribution in [3.63, 3.8) is 0 Å². The first kappa shape index (κ1) is 16.9. The van der Waals surface area contributed by atoms with Crippen molar-refractivity contribution in [3.05, 3.63) is 58.9 Å². The molecule has 0 aromatic heterocycles. The predicted octanol–water partition coefficient (Wildman–Crippen LogP) is 4.26. The molecule has 0 saturated carbocycles. The van der Waals surface area contributed by atoms with Crippen LogP contribution in [-0.2, 0) is 10.9 Å². The number of nitrogens with one attached hydrogen (secondary N) is 1. The van der Waals surface area contributed by atoms with Crippen LogP contribution in [0.5, 0.6) is 0 Å². The maximum atomic E-state index is 13.7. The number of amides is 1. The van der Waals surface area contributed by atoms with E-state index < -0.39 is 23.7 Å². The van der Waals surface area contributed by atoms with Crippen molar-refractivity contribution < 1.29 is 27.1 Å². The van der Waals surface area contributed by atoms with Crippen LogP contribution in [0.2, 0.25) is 0 Å². The molecule has 25 heavy (non-hydrogen) atoms. The molecule has 0 spiro atoms. The van der Waals surface area contributed by atoms with Gasteiger partial charge in [0.15, 0.2) is 0 Å².